The Morgan fingerprint density at radius 3 is 2.75 bits per heavy atom. The molecule has 1 aliphatic carbocycles. The number of para-hydroxylation sites is 1. The summed E-state index contributed by atoms with van der Waals surface area (Å²) in [6.45, 7) is 0.739. The van der Waals surface area contributed by atoms with E-state index in [1.807, 2.05) is 55.2 Å². The summed E-state index contributed by atoms with van der Waals surface area (Å²) >= 11 is 6.51. The number of halogens is 1. The Kier molecular flexibility index (Phi) is 8.79. The van der Waals surface area contributed by atoms with Gasteiger partial charge in [0.1, 0.15) is 5.02 Å². The first-order valence-corrected chi connectivity index (χ1v) is 14.1. The smallest absolute Gasteiger partial charge is 0.249 e. The number of aromatic nitrogens is 3. The van der Waals surface area contributed by atoms with Crippen LogP contribution in [-0.4, -0.2) is 58.1 Å². The molecular weight excluding hydrogens is 522 g/mol. The second-order valence-electron chi connectivity index (χ2n) is 10.5. The summed E-state index contributed by atoms with van der Waals surface area (Å²) in [5, 5.41) is 8.87. The maximum atomic E-state index is 11.9. The lowest BCUT2D eigenvalue weighted by Gasteiger charge is -2.30. The van der Waals surface area contributed by atoms with E-state index < -0.39 is 5.91 Å². The number of benzene rings is 2. The average Bonchev–Trinajstić information content (AvgIpc) is 3.38. The van der Waals surface area contributed by atoms with E-state index in [1.54, 1.807) is 12.3 Å². The molecule has 0 saturated heterocycles. The molecule has 9 heteroatoms. The highest BCUT2D eigenvalue weighted by atomic mass is 35.5. The molecule has 0 radical (unpaired) electrons. The molecular formula is C31H36ClN7O. The van der Waals surface area contributed by atoms with Crippen molar-refractivity contribution in [3.05, 3.63) is 95.3 Å². The molecule has 0 aliphatic heterocycles. The molecule has 1 aliphatic rings. The van der Waals surface area contributed by atoms with Crippen LogP contribution in [0.5, 0.6) is 0 Å². The predicted molar refractivity (Wildman–Crippen MR) is 162 cm³/mol. The number of carbonyl (C=O) groups is 1. The zero-order valence-electron chi connectivity index (χ0n) is 22.9. The predicted octanol–water partition coefficient (Wildman–Crippen LogP) is 5.34. The number of amides is 1. The lowest BCUT2D eigenvalue weighted by molar-refractivity contribution is 0.0998. The third-order valence-corrected chi connectivity index (χ3v) is 7.77. The molecule has 1 fully saturated rings. The fraction of sp³-hybridized carbons (Fsp3) is 0.323. The van der Waals surface area contributed by atoms with Crippen molar-refractivity contribution in [3.63, 3.8) is 0 Å². The highest BCUT2D eigenvalue weighted by molar-refractivity contribution is 6.32. The van der Waals surface area contributed by atoms with Crippen molar-refractivity contribution in [1.82, 2.24) is 24.8 Å². The van der Waals surface area contributed by atoms with Crippen molar-refractivity contribution in [3.8, 4) is 5.82 Å². The minimum Gasteiger partial charge on any atom is -0.366 e. The van der Waals surface area contributed by atoms with Crippen LogP contribution in [0, 0.1) is 0 Å². The Balaban J connectivity index is 1.20. The molecule has 4 aromatic rings. The Hall–Kier alpha value is -3.72. The largest absolute Gasteiger partial charge is 0.366 e. The molecule has 4 N–H and O–H groups in total. The van der Waals surface area contributed by atoms with Gasteiger partial charge in [-0.2, -0.15) is 4.98 Å². The monoisotopic (exact) mass is 557 g/mol. The minimum absolute atomic E-state index is 0.0417. The van der Waals surface area contributed by atoms with E-state index in [4.69, 9.17) is 22.3 Å². The number of fused-ring (bicyclic) bond motifs is 1. The van der Waals surface area contributed by atoms with Gasteiger partial charge in [0.2, 0.25) is 11.9 Å². The Labute approximate surface area is 240 Å². The first-order valence-electron chi connectivity index (χ1n) is 13.7. The number of likely N-dealkylation sites (N-methyl/N-ethyl adjacent to an activating group) is 1. The second kappa shape index (κ2) is 12.6. The molecule has 2 aromatic heterocycles. The lowest BCUT2D eigenvalue weighted by Crippen LogP contribution is -2.39. The molecule has 3 atom stereocenters. The van der Waals surface area contributed by atoms with E-state index in [0.717, 1.165) is 48.7 Å². The quantitative estimate of drug-likeness (QED) is 0.227. The maximum Gasteiger partial charge on any atom is 0.249 e. The van der Waals surface area contributed by atoms with E-state index in [0.29, 0.717) is 28.4 Å². The zero-order chi connectivity index (χ0) is 28.1. The zero-order valence-corrected chi connectivity index (χ0v) is 23.7. The van der Waals surface area contributed by atoms with Crippen LogP contribution in [-0.2, 0) is 0 Å². The Morgan fingerprint density at radius 2 is 1.93 bits per heavy atom. The summed E-state index contributed by atoms with van der Waals surface area (Å²) in [4.78, 5) is 23.3. The lowest BCUT2D eigenvalue weighted by atomic mass is 9.91. The van der Waals surface area contributed by atoms with Crippen LogP contribution >= 0.6 is 11.6 Å². The molecule has 1 amide bonds. The highest BCUT2D eigenvalue weighted by Crippen LogP contribution is 2.27. The number of nitrogens with zero attached hydrogens (tertiary/aromatic N) is 4. The number of carbonyl (C=O) groups excluding carboxylic acids is 1. The second-order valence-corrected chi connectivity index (χ2v) is 10.9. The van der Waals surface area contributed by atoms with Crippen molar-refractivity contribution in [2.24, 2.45) is 5.73 Å². The summed E-state index contributed by atoms with van der Waals surface area (Å²) in [7, 11) is 4.00. The molecule has 0 spiro atoms. The van der Waals surface area contributed by atoms with Gasteiger partial charge in [-0.15, -0.1) is 0 Å². The summed E-state index contributed by atoms with van der Waals surface area (Å²) in [5.41, 5.74) is 8.14. The minimum atomic E-state index is -0.409. The molecule has 208 valence electrons. The standard InChI is InChI=1S/C31H36ClN7O/c1-38(2)28(24-12-4-5-13-25(24)29(33)40)15-8-17-34-22-10-7-11-23(19-22)36-31-35-20-26(32)30(37-31)39-18-16-21-9-3-6-14-27(21)39/h3-6,8-9,12-16,18,20,22-23,28,34H,7,10-11,17,19H2,1-2H3,(H2,33,40)(H,35,36,37)/b15-8+. The van der Waals surface area contributed by atoms with Crippen molar-refractivity contribution in [1.29, 1.82) is 0 Å². The number of hydrogen-bond acceptors (Lipinski definition) is 6. The summed E-state index contributed by atoms with van der Waals surface area (Å²) in [6.07, 6.45) is 12.2. The molecule has 3 unspecified atom stereocenters. The molecule has 5 rings (SSSR count). The van der Waals surface area contributed by atoms with Crippen LogP contribution in [0.3, 0.4) is 0 Å². The van der Waals surface area contributed by atoms with E-state index in [9.17, 15) is 4.79 Å². The number of anilines is 1. The molecule has 2 heterocycles. The SMILES string of the molecule is CN(C)C(/C=C/CNC1CCCC(Nc2ncc(Cl)c(-n3ccc4ccccc43)n2)C1)c1ccccc1C(N)=O. The summed E-state index contributed by atoms with van der Waals surface area (Å²) in [5.74, 6) is 0.849. The van der Waals surface area contributed by atoms with Crippen molar-refractivity contribution in [2.75, 3.05) is 26.0 Å². The maximum absolute atomic E-state index is 11.9. The van der Waals surface area contributed by atoms with Gasteiger partial charge >= 0.3 is 0 Å². The van der Waals surface area contributed by atoms with Gasteiger partial charge in [-0.25, -0.2) is 4.98 Å². The number of hydrogen-bond donors (Lipinski definition) is 3. The van der Waals surface area contributed by atoms with Gasteiger partial charge in [0, 0.05) is 30.4 Å². The fourth-order valence-electron chi connectivity index (χ4n) is 5.52. The van der Waals surface area contributed by atoms with Crippen LogP contribution < -0.4 is 16.4 Å². The third-order valence-electron chi connectivity index (χ3n) is 7.50. The van der Waals surface area contributed by atoms with Crippen LogP contribution in [0.4, 0.5) is 5.95 Å². The van der Waals surface area contributed by atoms with E-state index in [-0.39, 0.29) is 12.1 Å². The van der Waals surface area contributed by atoms with Crippen LogP contribution in [0.25, 0.3) is 16.7 Å². The normalized spacial score (nSPS) is 18.4. The highest BCUT2D eigenvalue weighted by Gasteiger charge is 2.23. The average molecular weight is 558 g/mol. The van der Waals surface area contributed by atoms with Crippen molar-refractivity contribution >= 4 is 34.4 Å². The van der Waals surface area contributed by atoms with Gasteiger partial charge in [0.25, 0.3) is 0 Å². The number of nitrogens with two attached hydrogens (primary N) is 1. The van der Waals surface area contributed by atoms with Crippen molar-refractivity contribution < 1.29 is 4.79 Å². The van der Waals surface area contributed by atoms with E-state index in [2.05, 4.69) is 50.9 Å². The van der Waals surface area contributed by atoms with Gasteiger partial charge in [-0.05, 0) is 68.9 Å². The molecule has 40 heavy (non-hydrogen) atoms. The topological polar surface area (TPSA) is 101 Å². The summed E-state index contributed by atoms with van der Waals surface area (Å²) < 4.78 is 2.00. The van der Waals surface area contributed by atoms with Gasteiger partial charge in [0.05, 0.1) is 17.8 Å². The van der Waals surface area contributed by atoms with E-state index >= 15 is 0 Å². The van der Waals surface area contributed by atoms with Gasteiger partial charge in [-0.3, -0.25) is 14.3 Å². The van der Waals surface area contributed by atoms with Crippen molar-refractivity contribution in [2.45, 2.75) is 43.8 Å². The number of primary amides is 1. The first-order chi connectivity index (χ1) is 19.4. The Morgan fingerprint density at radius 1 is 1.15 bits per heavy atom. The van der Waals surface area contributed by atoms with Gasteiger partial charge in [-0.1, -0.05) is 60.2 Å². The first kappa shape index (κ1) is 27.8. The fourth-order valence-corrected chi connectivity index (χ4v) is 5.70. The molecule has 8 nitrogen and oxygen atoms in total. The molecule has 1 saturated carbocycles. The van der Waals surface area contributed by atoms with Gasteiger partial charge in [0.15, 0.2) is 5.82 Å². The summed E-state index contributed by atoms with van der Waals surface area (Å²) in [6, 6.07) is 18.4. The van der Waals surface area contributed by atoms with E-state index in [1.165, 1.54) is 0 Å². The molecule has 2 aromatic carbocycles. The van der Waals surface area contributed by atoms with Crippen LogP contribution in [0.1, 0.15) is 47.6 Å². The third kappa shape index (κ3) is 6.36. The molecule has 0 bridgehead atoms. The Bertz CT molecular complexity index is 1500. The van der Waals surface area contributed by atoms with Gasteiger partial charge < -0.3 is 16.4 Å². The van der Waals surface area contributed by atoms with Crippen LogP contribution in [0.2, 0.25) is 5.02 Å². The number of rotatable bonds is 10. The van der Waals surface area contributed by atoms with Crippen LogP contribution in [0.15, 0.2) is 79.1 Å². The number of nitrogens with one attached hydrogen (secondary N) is 2.